The third-order valence-electron chi connectivity index (χ3n) is 0.180. The van der Waals surface area contributed by atoms with Gasteiger partial charge in [0.15, 0.2) is 8.25 Å². The van der Waals surface area contributed by atoms with E-state index in [2.05, 4.69) is 11.1 Å². The predicted octanol–water partition coefficient (Wildman–Crippen LogP) is -3.10. The van der Waals surface area contributed by atoms with Gasteiger partial charge in [-0.2, -0.15) is 0 Å². The van der Waals surface area contributed by atoms with Crippen LogP contribution >= 0.6 is 8.25 Å². The van der Waals surface area contributed by atoms with Gasteiger partial charge in [0.1, 0.15) is 0 Å². The average Bonchev–Trinajstić information content (AvgIpc) is 1.35. The monoisotopic (exact) mass is 114 g/mol. The van der Waals surface area contributed by atoms with Crippen LogP contribution < -0.4 is 23.8 Å². The van der Waals surface area contributed by atoms with Crippen LogP contribution in [0.15, 0.2) is 12.8 Å². The fourth-order valence-electron chi connectivity index (χ4n) is 0.0680. The van der Waals surface area contributed by atoms with Crippen molar-refractivity contribution in [3.05, 3.63) is 12.8 Å². The van der Waals surface area contributed by atoms with E-state index in [4.69, 9.17) is 0 Å². The predicted molar refractivity (Wildman–Crippen MR) is 20.3 cm³/mol. The molecule has 0 radical (unpaired) electrons. The fraction of sp³-hybridized carbons (Fsp3) is 0. The van der Waals surface area contributed by atoms with Crippen molar-refractivity contribution in [3.63, 3.8) is 0 Å². The Morgan fingerprint density at radius 3 is 2.29 bits per heavy atom. The van der Waals surface area contributed by atoms with Gasteiger partial charge in [-0.25, -0.2) is 0 Å². The van der Waals surface area contributed by atoms with Crippen LogP contribution in [0, 0.1) is 0 Å². The molecule has 0 aromatic heterocycles. The molecule has 5 heteroatoms. The second-order valence-electron chi connectivity index (χ2n) is 0.535. The van der Waals surface area contributed by atoms with Crippen molar-refractivity contribution in [1.82, 2.24) is 0 Å². The van der Waals surface area contributed by atoms with Crippen LogP contribution in [-0.4, -0.2) is 0 Å². The van der Waals surface area contributed by atoms with E-state index in [1.165, 1.54) is 0 Å². The summed E-state index contributed by atoms with van der Waals surface area (Å²) in [7, 11) is -3.00. The molecule has 0 spiro atoms. The SMILES string of the molecule is C=CO[PH](=O)[O-].[Li+]. The maximum absolute atomic E-state index is 9.38. The van der Waals surface area contributed by atoms with Crippen molar-refractivity contribution in [1.29, 1.82) is 0 Å². The standard InChI is InChI=1S/C2H5O3P.Li/c1-2-5-6(3)4;/h2,6H,1H2,(H,3,4);/q;+1/p-1. The van der Waals surface area contributed by atoms with Gasteiger partial charge in [-0.15, -0.1) is 0 Å². The molecule has 0 saturated carbocycles. The Morgan fingerprint density at radius 1 is 1.86 bits per heavy atom. The fourth-order valence-corrected chi connectivity index (χ4v) is 0.204. The van der Waals surface area contributed by atoms with Crippen LogP contribution in [0.25, 0.3) is 0 Å². The first-order chi connectivity index (χ1) is 2.77. The van der Waals surface area contributed by atoms with Gasteiger partial charge in [0, 0.05) is 0 Å². The Kier molecular flexibility index (Phi) is 9.34. The summed E-state index contributed by atoms with van der Waals surface area (Å²) in [6, 6.07) is 0. The van der Waals surface area contributed by atoms with E-state index in [1.54, 1.807) is 0 Å². The maximum Gasteiger partial charge on any atom is 1.00 e. The molecule has 0 saturated heterocycles. The van der Waals surface area contributed by atoms with Crippen molar-refractivity contribution in [2.24, 2.45) is 0 Å². The number of hydrogen-bond acceptors (Lipinski definition) is 3. The molecule has 0 bridgehead atoms. The van der Waals surface area contributed by atoms with E-state index in [0.717, 1.165) is 6.26 Å². The van der Waals surface area contributed by atoms with Gasteiger partial charge in [0.25, 0.3) is 0 Å². The minimum absolute atomic E-state index is 0. The minimum Gasteiger partial charge on any atom is -0.771 e. The van der Waals surface area contributed by atoms with Gasteiger partial charge in [-0.3, -0.25) is 4.57 Å². The molecule has 0 aliphatic carbocycles. The summed E-state index contributed by atoms with van der Waals surface area (Å²) in [6.07, 6.45) is 0.869. The van der Waals surface area contributed by atoms with Gasteiger partial charge in [-0.1, -0.05) is 6.58 Å². The van der Waals surface area contributed by atoms with Gasteiger partial charge < -0.3 is 9.42 Å². The molecule has 0 aliphatic heterocycles. The van der Waals surface area contributed by atoms with Gasteiger partial charge >= 0.3 is 18.9 Å². The van der Waals surface area contributed by atoms with Crippen LogP contribution in [0.1, 0.15) is 0 Å². The molecule has 0 N–H and O–H groups in total. The zero-order chi connectivity index (χ0) is 4.99. The van der Waals surface area contributed by atoms with Crippen molar-refractivity contribution in [2.75, 3.05) is 0 Å². The molecule has 0 aromatic rings. The van der Waals surface area contributed by atoms with Crippen molar-refractivity contribution in [3.8, 4) is 0 Å². The van der Waals surface area contributed by atoms with E-state index in [9.17, 15) is 9.46 Å². The summed E-state index contributed by atoms with van der Waals surface area (Å²) in [4.78, 5) is 9.38. The molecule has 0 aromatic carbocycles. The number of rotatable bonds is 2. The van der Waals surface area contributed by atoms with Gasteiger partial charge in [-0.05, 0) is 0 Å². The molecule has 36 valence electrons. The Bertz CT molecular complexity index is 73.3. The molecule has 7 heavy (non-hydrogen) atoms. The molecule has 0 fully saturated rings. The van der Waals surface area contributed by atoms with Crippen molar-refractivity contribution >= 4 is 8.25 Å². The largest absolute Gasteiger partial charge is 1.00 e. The van der Waals surface area contributed by atoms with Crippen LogP contribution in [0.3, 0.4) is 0 Å². The average molecular weight is 114 g/mol. The Morgan fingerprint density at radius 2 is 2.29 bits per heavy atom. The minimum atomic E-state index is -3.00. The van der Waals surface area contributed by atoms with Crippen LogP contribution in [0.5, 0.6) is 0 Å². The molecule has 1 unspecified atom stereocenters. The molecule has 0 amide bonds. The maximum atomic E-state index is 9.38. The molecule has 1 atom stereocenters. The summed E-state index contributed by atoms with van der Waals surface area (Å²) in [5.74, 6) is 0. The van der Waals surface area contributed by atoms with E-state index in [0.29, 0.717) is 0 Å². The Balaban J connectivity index is 0. The number of hydrogen-bond donors (Lipinski definition) is 0. The summed E-state index contributed by atoms with van der Waals surface area (Å²) < 4.78 is 13.2. The molecule has 0 rings (SSSR count). The van der Waals surface area contributed by atoms with Crippen molar-refractivity contribution < 1.29 is 32.8 Å². The zero-order valence-electron chi connectivity index (χ0n) is 4.01. The molecular formula is C2H4LiO3P. The Hall–Kier alpha value is 0.327. The second kappa shape index (κ2) is 6.33. The summed E-state index contributed by atoms with van der Waals surface area (Å²) in [5.41, 5.74) is 0. The first kappa shape index (κ1) is 10.3. The van der Waals surface area contributed by atoms with Crippen LogP contribution in [0.4, 0.5) is 0 Å². The van der Waals surface area contributed by atoms with Crippen LogP contribution in [0.2, 0.25) is 0 Å². The molecular weight excluding hydrogens is 110 g/mol. The first-order valence-electron chi connectivity index (χ1n) is 1.26. The topological polar surface area (TPSA) is 49.4 Å². The Labute approximate surface area is 54.5 Å². The third-order valence-corrected chi connectivity index (χ3v) is 0.539. The van der Waals surface area contributed by atoms with Crippen LogP contribution in [-0.2, 0) is 9.09 Å². The molecule has 0 aliphatic rings. The summed E-state index contributed by atoms with van der Waals surface area (Å²) in [6.45, 7) is 3.00. The third kappa shape index (κ3) is 10.7. The molecule has 3 nitrogen and oxygen atoms in total. The first-order valence-corrected chi connectivity index (χ1v) is 2.48. The zero-order valence-corrected chi connectivity index (χ0v) is 5.01. The summed E-state index contributed by atoms with van der Waals surface area (Å²) in [5, 5.41) is 0. The van der Waals surface area contributed by atoms with Crippen molar-refractivity contribution in [2.45, 2.75) is 0 Å². The summed E-state index contributed by atoms with van der Waals surface area (Å²) >= 11 is 0. The van der Waals surface area contributed by atoms with E-state index < -0.39 is 8.25 Å². The quantitative estimate of drug-likeness (QED) is 0.217. The van der Waals surface area contributed by atoms with E-state index >= 15 is 0 Å². The molecule has 0 heterocycles. The normalized spacial score (nSPS) is 11.0. The second-order valence-corrected chi connectivity index (χ2v) is 1.27. The van der Waals surface area contributed by atoms with E-state index in [1.807, 2.05) is 0 Å². The smallest absolute Gasteiger partial charge is 0.771 e. The van der Waals surface area contributed by atoms with Gasteiger partial charge in [0.2, 0.25) is 0 Å². The van der Waals surface area contributed by atoms with Gasteiger partial charge in [0.05, 0.1) is 6.26 Å². The van der Waals surface area contributed by atoms with E-state index in [-0.39, 0.29) is 18.9 Å².